The first-order chi connectivity index (χ1) is 8.70. The van der Waals surface area contributed by atoms with E-state index in [1.54, 1.807) is 0 Å². The van der Waals surface area contributed by atoms with Crippen molar-refractivity contribution >= 4 is 22.7 Å². The van der Waals surface area contributed by atoms with E-state index in [-0.39, 0.29) is 6.61 Å². The molecule has 0 spiro atoms. The van der Waals surface area contributed by atoms with Crippen LogP contribution < -0.4 is 0 Å². The highest BCUT2D eigenvalue weighted by molar-refractivity contribution is 7.98. The van der Waals surface area contributed by atoms with Gasteiger partial charge in [0.2, 0.25) is 0 Å². The summed E-state index contributed by atoms with van der Waals surface area (Å²) in [6.45, 7) is 4.38. The quantitative estimate of drug-likeness (QED) is 0.895. The zero-order chi connectivity index (χ0) is 13.0. The Morgan fingerprint density at radius 2 is 2.11 bits per heavy atom. The molecule has 1 atom stereocenters. The molecule has 2 aromatic rings. The van der Waals surface area contributed by atoms with E-state index >= 15 is 0 Å². The third-order valence-electron chi connectivity index (χ3n) is 2.90. The van der Waals surface area contributed by atoms with Gasteiger partial charge in [0, 0.05) is 23.4 Å². The first-order valence-corrected chi connectivity index (χ1v) is 7.40. The number of pyridine rings is 1. The molecule has 0 aliphatic rings. The summed E-state index contributed by atoms with van der Waals surface area (Å²) in [7, 11) is 0. The lowest BCUT2D eigenvalue weighted by atomic mass is 10.1. The zero-order valence-electron chi connectivity index (χ0n) is 10.9. The molecule has 1 unspecified atom stereocenters. The molecular weight excluding hydrogens is 242 g/mol. The fourth-order valence-corrected chi connectivity index (χ4v) is 3.02. The van der Waals surface area contributed by atoms with Crippen LogP contribution in [0.25, 0.3) is 10.9 Å². The number of para-hydroxylation sites is 1. The Balaban J connectivity index is 2.17. The van der Waals surface area contributed by atoms with Crippen molar-refractivity contribution in [3.8, 4) is 0 Å². The second-order valence-corrected chi connectivity index (χ2v) is 5.77. The highest BCUT2D eigenvalue weighted by atomic mass is 32.2. The molecule has 2 rings (SSSR count). The number of nitrogens with zero attached hydrogens (tertiary/aromatic N) is 1. The molecule has 0 amide bonds. The van der Waals surface area contributed by atoms with Crippen LogP contribution in [-0.2, 0) is 5.75 Å². The normalized spacial score (nSPS) is 12.8. The van der Waals surface area contributed by atoms with Gasteiger partial charge < -0.3 is 5.11 Å². The van der Waals surface area contributed by atoms with Crippen LogP contribution in [0.1, 0.15) is 18.2 Å². The van der Waals surface area contributed by atoms with E-state index < -0.39 is 0 Å². The summed E-state index contributed by atoms with van der Waals surface area (Å²) in [5.41, 5.74) is 3.48. The van der Waals surface area contributed by atoms with E-state index in [1.165, 1.54) is 10.9 Å². The molecule has 1 aromatic carbocycles. The predicted molar refractivity (Wildman–Crippen MR) is 78.9 cm³/mol. The Kier molecular flexibility index (Phi) is 4.61. The third-order valence-corrected chi connectivity index (χ3v) is 4.22. The van der Waals surface area contributed by atoms with Gasteiger partial charge in [0.05, 0.1) is 5.52 Å². The SMILES string of the molecule is Cc1cc(CSCC(C)CO)c2ccccc2n1. The van der Waals surface area contributed by atoms with Gasteiger partial charge in [-0.05, 0) is 36.3 Å². The molecule has 0 saturated heterocycles. The number of aliphatic hydroxyl groups excluding tert-OH is 1. The number of aryl methyl sites for hydroxylation is 1. The molecule has 0 aliphatic heterocycles. The van der Waals surface area contributed by atoms with Crippen LogP contribution in [0, 0.1) is 12.8 Å². The van der Waals surface area contributed by atoms with Crippen molar-refractivity contribution in [1.82, 2.24) is 4.98 Å². The molecule has 18 heavy (non-hydrogen) atoms. The summed E-state index contributed by atoms with van der Waals surface area (Å²) in [4.78, 5) is 4.55. The number of thioether (sulfide) groups is 1. The topological polar surface area (TPSA) is 33.1 Å². The standard InChI is InChI=1S/C15H19NOS/c1-11(8-17)9-18-10-13-7-12(2)16-15-6-4-3-5-14(13)15/h3-7,11,17H,8-10H2,1-2H3. The molecule has 1 aromatic heterocycles. The summed E-state index contributed by atoms with van der Waals surface area (Å²) < 4.78 is 0. The number of hydrogen-bond donors (Lipinski definition) is 1. The highest BCUT2D eigenvalue weighted by Crippen LogP contribution is 2.23. The molecule has 0 bridgehead atoms. The summed E-state index contributed by atoms with van der Waals surface area (Å²) >= 11 is 1.87. The number of benzene rings is 1. The van der Waals surface area contributed by atoms with E-state index in [1.807, 2.05) is 24.8 Å². The summed E-state index contributed by atoms with van der Waals surface area (Å²) in [5, 5.41) is 10.3. The fraction of sp³-hybridized carbons (Fsp3) is 0.400. The average molecular weight is 261 g/mol. The van der Waals surface area contributed by atoms with Gasteiger partial charge in [-0.2, -0.15) is 11.8 Å². The first kappa shape index (κ1) is 13.4. The highest BCUT2D eigenvalue weighted by Gasteiger charge is 2.05. The van der Waals surface area contributed by atoms with Crippen LogP contribution in [0.2, 0.25) is 0 Å². The lowest BCUT2D eigenvalue weighted by Gasteiger charge is -2.10. The molecule has 1 heterocycles. The molecule has 96 valence electrons. The Hall–Kier alpha value is -1.06. The number of aliphatic hydroxyl groups is 1. The lowest BCUT2D eigenvalue weighted by Crippen LogP contribution is -2.03. The van der Waals surface area contributed by atoms with E-state index in [2.05, 4.69) is 36.2 Å². The average Bonchev–Trinajstić information content (AvgIpc) is 2.38. The fourth-order valence-electron chi connectivity index (χ4n) is 1.94. The zero-order valence-corrected chi connectivity index (χ0v) is 11.7. The number of fused-ring (bicyclic) bond motifs is 1. The second-order valence-electron chi connectivity index (χ2n) is 4.74. The summed E-state index contributed by atoms with van der Waals surface area (Å²) in [6, 6.07) is 10.4. The van der Waals surface area contributed by atoms with Crippen molar-refractivity contribution in [3.05, 3.63) is 41.6 Å². The smallest absolute Gasteiger partial charge is 0.0708 e. The van der Waals surface area contributed by atoms with Crippen LogP contribution in [0.3, 0.4) is 0 Å². The van der Waals surface area contributed by atoms with Gasteiger partial charge >= 0.3 is 0 Å². The lowest BCUT2D eigenvalue weighted by molar-refractivity contribution is 0.250. The van der Waals surface area contributed by atoms with E-state index in [9.17, 15) is 0 Å². The molecule has 0 saturated carbocycles. The Morgan fingerprint density at radius 3 is 2.89 bits per heavy atom. The van der Waals surface area contributed by atoms with Crippen LogP contribution in [0.5, 0.6) is 0 Å². The molecule has 0 aliphatic carbocycles. The number of rotatable bonds is 5. The van der Waals surface area contributed by atoms with Crippen LogP contribution in [0.4, 0.5) is 0 Å². The van der Waals surface area contributed by atoms with Gasteiger partial charge in [-0.25, -0.2) is 0 Å². The molecule has 1 N–H and O–H groups in total. The van der Waals surface area contributed by atoms with Crippen molar-refractivity contribution < 1.29 is 5.11 Å². The molecule has 0 radical (unpaired) electrons. The molecule has 0 fully saturated rings. The van der Waals surface area contributed by atoms with Crippen molar-refractivity contribution in [1.29, 1.82) is 0 Å². The van der Waals surface area contributed by atoms with E-state index in [0.29, 0.717) is 5.92 Å². The van der Waals surface area contributed by atoms with Crippen molar-refractivity contribution in [2.24, 2.45) is 5.92 Å². The predicted octanol–water partition coefficient (Wildman–Crippen LogP) is 3.40. The van der Waals surface area contributed by atoms with E-state index in [0.717, 1.165) is 22.7 Å². The second kappa shape index (κ2) is 6.21. The largest absolute Gasteiger partial charge is 0.396 e. The van der Waals surface area contributed by atoms with Gasteiger partial charge in [0.1, 0.15) is 0 Å². The maximum absolute atomic E-state index is 9.02. The molecular formula is C15H19NOS. The Morgan fingerprint density at radius 1 is 1.33 bits per heavy atom. The first-order valence-electron chi connectivity index (χ1n) is 6.24. The maximum Gasteiger partial charge on any atom is 0.0708 e. The van der Waals surface area contributed by atoms with Crippen molar-refractivity contribution in [2.75, 3.05) is 12.4 Å². The van der Waals surface area contributed by atoms with Gasteiger partial charge in [-0.15, -0.1) is 0 Å². The Labute approximate surface area is 112 Å². The van der Waals surface area contributed by atoms with E-state index in [4.69, 9.17) is 5.11 Å². The van der Waals surface area contributed by atoms with Crippen molar-refractivity contribution in [2.45, 2.75) is 19.6 Å². The monoisotopic (exact) mass is 261 g/mol. The number of aromatic nitrogens is 1. The summed E-state index contributed by atoms with van der Waals surface area (Å²) in [6.07, 6.45) is 0. The number of hydrogen-bond acceptors (Lipinski definition) is 3. The minimum atomic E-state index is 0.267. The van der Waals surface area contributed by atoms with Crippen LogP contribution >= 0.6 is 11.8 Å². The van der Waals surface area contributed by atoms with Gasteiger partial charge in [-0.3, -0.25) is 4.98 Å². The van der Waals surface area contributed by atoms with Crippen LogP contribution in [0.15, 0.2) is 30.3 Å². The molecule has 3 heteroatoms. The minimum absolute atomic E-state index is 0.267. The van der Waals surface area contributed by atoms with Crippen molar-refractivity contribution in [3.63, 3.8) is 0 Å². The Bertz CT molecular complexity index is 527. The van der Waals surface area contributed by atoms with Crippen LogP contribution in [-0.4, -0.2) is 22.5 Å². The minimum Gasteiger partial charge on any atom is -0.396 e. The van der Waals surface area contributed by atoms with Gasteiger partial charge in [0.25, 0.3) is 0 Å². The summed E-state index contributed by atoms with van der Waals surface area (Å²) in [5.74, 6) is 2.34. The molecule has 2 nitrogen and oxygen atoms in total. The van der Waals surface area contributed by atoms with Gasteiger partial charge in [0.15, 0.2) is 0 Å². The third kappa shape index (κ3) is 3.24. The van der Waals surface area contributed by atoms with Gasteiger partial charge in [-0.1, -0.05) is 25.1 Å². The maximum atomic E-state index is 9.02.